The molecule has 2 aromatic rings. The Morgan fingerprint density at radius 1 is 1.08 bits per heavy atom. The minimum absolute atomic E-state index is 0.165. The molecule has 0 spiro atoms. The van der Waals surface area contributed by atoms with Gasteiger partial charge in [-0.3, -0.25) is 0 Å². The van der Waals surface area contributed by atoms with Crippen molar-refractivity contribution in [1.82, 2.24) is 0 Å². The van der Waals surface area contributed by atoms with Crippen molar-refractivity contribution in [3.05, 3.63) is 35.9 Å². The van der Waals surface area contributed by atoms with E-state index in [9.17, 15) is 0 Å². The van der Waals surface area contributed by atoms with Gasteiger partial charge in [0.05, 0.1) is 0 Å². The molecule has 5 nitrogen and oxygen atoms in total. The summed E-state index contributed by atoms with van der Waals surface area (Å²) < 4.78 is 10.7. The lowest BCUT2D eigenvalue weighted by molar-refractivity contribution is -0.0268. The third-order valence-electron chi connectivity index (χ3n) is 4.80. The fraction of sp³-hybridized carbons (Fsp3) is 0.429. The van der Waals surface area contributed by atoms with E-state index in [-0.39, 0.29) is 6.79 Å². The van der Waals surface area contributed by atoms with E-state index in [1.807, 2.05) is 65.0 Å². The summed E-state index contributed by atoms with van der Waals surface area (Å²) in [6, 6.07) is 9.84. The van der Waals surface area contributed by atoms with Crippen molar-refractivity contribution < 1.29 is 19.1 Å². The van der Waals surface area contributed by atoms with Gasteiger partial charge in [-0.15, -0.1) is 11.1 Å². The van der Waals surface area contributed by atoms with Crippen molar-refractivity contribution in [3.8, 4) is 17.6 Å². The molecule has 0 N–H and O–H groups in total. The zero-order valence-corrected chi connectivity index (χ0v) is 16.2. The van der Waals surface area contributed by atoms with Gasteiger partial charge < -0.3 is 9.47 Å². The highest BCUT2D eigenvalue weighted by atomic mass is 17.0. The van der Waals surface area contributed by atoms with Crippen molar-refractivity contribution in [3.63, 3.8) is 0 Å². The van der Waals surface area contributed by atoms with Gasteiger partial charge >= 0.3 is 0 Å². The first-order valence-electron chi connectivity index (χ1n) is 8.59. The van der Waals surface area contributed by atoms with Gasteiger partial charge in [-0.2, -0.15) is 0 Å². The van der Waals surface area contributed by atoms with Gasteiger partial charge in [0.2, 0.25) is 0 Å². The summed E-state index contributed by atoms with van der Waals surface area (Å²) in [6.07, 6.45) is 0. The third-order valence-corrected chi connectivity index (χ3v) is 4.80. The van der Waals surface area contributed by atoms with E-state index in [2.05, 4.69) is 11.8 Å². The average molecular weight is 355 g/mol. The molecule has 3 rings (SSSR count). The van der Waals surface area contributed by atoms with E-state index in [1.165, 1.54) is 5.23 Å². The Bertz CT molecular complexity index is 861. The maximum absolute atomic E-state index is 6.13. The molecule has 5 heteroatoms. The molecule has 0 bridgehead atoms. The number of hydrogen-bond donors (Lipinski definition) is 0. The number of fused-ring (bicyclic) bond motifs is 1. The van der Waals surface area contributed by atoms with Crippen LogP contribution >= 0.6 is 0 Å². The lowest BCUT2D eigenvalue weighted by Gasteiger charge is -2.26. The zero-order valence-electron chi connectivity index (χ0n) is 16.2. The Morgan fingerprint density at radius 3 is 2.38 bits per heavy atom. The molecule has 1 aliphatic heterocycles. The van der Waals surface area contributed by atoms with E-state index in [0.717, 1.165) is 22.0 Å². The largest absolute Gasteiger partial charge is 0.467 e. The van der Waals surface area contributed by atoms with Crippen LogP contribution in [0.3, 0.4) is 0 Å². The molecular weight excluding hydrogens is 330 g/mol. The van der Waals surface area contributed by atoms with Crippen LogP contribution in [0.4, 0.5) is 5.69 Å². The van der Waals surface area contributed by atoms with Gasteiger partial charge in [-0.05, 0) is 52.1 Å². The van der Waals surface area contributed by atoms with Crippen LogP contribution in [0.15, 0.2) is 30.3 Å². The summed E-state index contributed by atoms with van der Waals surface area (Å²) in [5.41, 5.74) is 0.681. The van der Waals surface area contributed by atoms with Crippen LogP contribution in [-0.4, -0.2) is 25.1 Å². The number of anilines is 1. The Labute approximate surface area is 154 Å². The maximum atomic E-state index is 6.13. The third kappa shape index (κ3) is 3.24. The molecule has 0 saturated carbocycles. The lowest BCUT2D eigenvalue weighted by Crippen LogP contribution is -2.41. The molecule has 0 amide bonds. The van der Waals surface area contributed by atoms with E-state index in [1.54, 1.807) is 7.11 Å². The van der Waals surface area contributed by atoms with Crippen LogP contribution in [0.1, 0.15) is 40.2 Å². The number of benzene rings is 2. The quantitative estimate of drug-likeness (QED) is 0.599. The van der Waals surface area contributed by atoms with E-state index >= 15 is 0 Å². The maximum Gasteiger partial charge on any atom is 0.188 e. The minimum atomic E-state index is -0.492. The van der Waals surface area contributed by atoms with Crippen molar-refractivity contribution in [1.29, 1.82) is 0 Å². The van der Waals surface area contributed by atoms with Crippen LogP contribution in [0.25, 0.3) is 10.8 Å². The van der Waals surface area contributed by atoms with Crippen LogP contribution in [-0.2, 0) is 14.4 Å². The Balaban J connectivity index is 2.19. The van der Waals surface area contributed by atoms with Gasteiger partial charge in [-0.25, -0.2) is 9.68 Å². The second-order valence-corrected chi connectivity index (χ2v) is 7.23. The number of nitrogens with zero attached hydrogens (tertiary/aromatic N) is 1. The van der Waals surface area contributed by atoms with Gasteiger partial charge in [0.15, 0.2) is 6.79 Å². The van der Waals surface area contributed by atoms with Crippen molar-refractivity contribution in [2.75, 3.05) is 19.1 Å². The average Bonchev–Trinajstić information content (AvgIpc) is 2.80. The number of hydrogen-bond acceptors (Lipinski definition) is 5. The molecule has 0 aliphatic carbocycles. The molecule has 2 aromatic carbocycles. The first-order chi connectivity index (χ1) is 12.3. The van der Waals surface area contributed by atoms with Gasteiger partial charge in [-0.1, -0.05) is 18.1 Å². The summed E-state index contributed by atoms with van der Waals surface area (Å²) in [5, 5.41) is 3.44. The number of methoxy groups -OCH3 is 1. The highest BCUT2D eigenvalue weighted by Crippen LogP contribution is 2.43. The van der Waals surface area contributed by atoms with Crippen molar-refractivity contribution >= 4 is 16.5 Å². The van der Waals surface area contributed by atoms with Crippen LogP contribution in [0, 0.1) is 11.8 Å². The highest BCUT2D eigenvalue weighted by molar-refractivity contribution is 5.99. The minimum Gasteiger partial charge on any atom is -0.467 e. The first-order valence-corrected chi connectivity index (χ1v) is 8.59. The van der Waals surface area contributed by atoms with Crippen LogP contribution < -0.4 is 9.96 Å². The topological polar surface area (TPSA) is 40.2 Å². The van der Waals surface area contributed by atoms with Crippen molar-refractivity contribution in [2.45, 2.75) is 45.8 Å². The fourth-order valence-corrected chi connectivity index (χ4v) is 2.72. The first kappa shape index (κ1) is 18.5. The number of rotatable bonds is 4. The van der Waals surface area contributed by atoms with E-state index in [4.69, 9.17) is 19.1 Å². The molecular formula is C21H25NO4. The summed E-state index contributed by atoms with van der Waals surface area (Å²) in [5.74, 6) is 6.81. The molecule has 0 aromatic heterocycles. The monoisotopic (exact) mass is 355 g/mol. The Morgan fingerprint density at radius 2 is 1.77 bits per heavy atom. The van der Waals surface area contributed by atoms with Gasteiger partial charge in [0.1, 0.15) is 22.6 Å². The molecule has 1 heterocycles. The lowest BCUT2D eigenvalue weighted by atomic mass is 9.90. The molecule has 0 radical (unpaired) electrons. The smallest absolute Gasteiger partial charge is 0.188 e. The summed E-state index contributed by atoms with van der Waals surface area (Å²) in [7, 11) is 1.59. The molecule has 0 unspecified atom stereocenters. The highest BCUT2D eigenvalue weighted by Gasteiger charge is 2.50. The SMILES string of the molecule is CC#Cc1cccc2cc(OCOC)cc(N3OC(C)(C)C(C)(C)O3)c12. The second kappa shape index (κ2) is 6.81. The molecule has 1 aliphatic rings. The predicted molar refractivity (Wildman–Crippen MR) is 102 cm³/mol. The standard InChI is InChI=1S/C21H25NO4/c1-7-9-15-10-8-11-16-12-17(24-14-23-6)13-18(19(15)16)22-25-20(2,3)21(4,5)26-22/h8,10-13H,14H2,1-6H3. The fourth-order valence-electron chi connectivity index (χ4n) is 2.72. The predicted octanol–water partition coefficient (Wildman–Crippen LogP) is 4.43. The second-order valence-electron chi connectivity index (χ2n) is 7.23. The van der Waals surface area contributed by atoms with Crippen molar-refractivity contribution in [2.24, 2.45) is 0 Å². The zero-order chi connectivity index (χ0) is 18.9. The van der Waals surface area contributed by atoms with E-state index in [0.29, 0.717) is 5.75 Å². The normalized spacial score (nSPS) is 17.8. The van der Waals surface area contributed by atoms with Gasteiger partial charge in [0, 0.05) is 24.1 Å². The number of ether oxygens (including phenoxy) is 2. The van der Waals surface area contributed by atoms with Crippen LogP contribution in [0.5, 0.6) is 5.75 Å². The van der Waals surface area contributed by atoms with Gasteiger partial charge in [0.25, 0.3) is 0 Å². The summed E-state index contributed by atoms with van der Waals surface area (Å²) >= 11 is 0. The summed E-state index contributed by atoms with van der Waals surface area (Å²) in [6.45, 7) is 10.0. The molecule has 138 valence electrons. The molecule has 1 fully saturated rings. The molecule has 1 saturated heterocycles. The summed E-state index contributed by atoms with van der Waals surface area (Å²) in [4.78, 5) is 12.3. The Hall–Kier alpha value is -2.26. The van der Waals surface area contributed by atoms with E-state index < -0.39 is 11.2 Å². The Kier molecular flexibility index (Phi) is 4.85. The molecule has 26 heavy (non-hydrogen) atoms. The molecule has 0 atom stereocenters. The van der Waals surface area contributed by atoms with Crippen LogP contribution in [0.2, 0.25) is 0 Å².